The predicted molar refractivity (Wildman–Crippen MR) is 112 cm³/mol. The van der Waals surface area contributed by atoms with E-state index in [2.05, 4.69) is 0 Å². The first kappa shape index (κ1) is 22.1. The monoisotopic (exact) mass is 401 g/mol. The van der Waals surface area contributed by atoms with Gasteiger partial charge in [0.25, 0.3) is 0 Å². The lowest BCUT2D eigenvalue weighted by atomic mass is 10.1. The summed E-state index contributed by atoms with van der Waals surface area (Å²) >= 11 is 0. The highest BCUT2D eigenvalue weighted by molar-refractivity contribution is 6.07. The van der Waals surface area contributed by atoms with E-state index in [9.17, 15) is 9.90 Å². The Morgan fingerprint density at radius 1 is 1.03 bits per heavy atom. The van der Waals surface area contributed by atoms with Crippen molar-refractivity contribution in [1.82, 2.24) is 4.90 Å². The van der Waals surface area contributed by atoms with Crippen molar-refractivity contribution in [2.75, 3.05) is 48.6 Å². The Hall–Kier alpha value is -3.19. The Labute approximate surface area is 171 Å². The highest BCUT2D eigenvalue weighted by Gasteiger charge is 2.15. The zero-order chi connectivity index (χ0) is 21.4. The van der Waals surface area contributed by atoms with Crippen LogP contribution in [-0.4, -0.2) is 64.4 Å². The lowest BCUT2D eigenvalue weighted by Gasteiger charge is -2.14. The maximum absolute atomic E-state index is 12.6. The van der Waals surface area contributed by atoms with Gasteiger partial charge in [-0.2, -0.15) is 0 Å². The van der Waals surface area contributed by atoms with Crippen molar-refractivity contribution in [2.24, 2.45) is 0 Å². The van der Waals surface area contributed by atoms with Gasteiger partial charge < -0.3 is 29.0 Å². The summed E-state index contributed by atoms with van der Waals surface area (Å²) < 4.78 is 21.6. The number of carbonyl (C=O) groups is 1. The van der Waals surface area contributed by atoms with Crippen molar-refractivity contribution < 1.29 is 28.8 Å². The number of allylic oxidation sites excluding steroid dienone is 1. The molecule has 1 N–H and O–H groups in total. The van der Waals surface area contributed by atoms with Gasteiger partial charge in [0.2, 0.25) is 5.75 Å². The van der Waals surface area contributed by atoms with E-state index in [0.717, 1.165) is 6.54 Å². The third-order valence-corrected chi connectivity index (χ3v) is 4.13. The fourth-order valence-corrected chi connectivity index (χ4v) is 2.67. The standard InChI is InChI=1S/C22H27NO6/c1-23(2)10-11-29-18-13-16(12-17(24)14-18)19(25)8-6-15-7-9-20(26-3)22(28-5)21(15)27-4/h6-9,12-14,24H,10-11H2,1-5H3. The first-order valence-corrected chi connectivity index (χ1v) is 9.02. The van der Waals surface area contributed by atoms with Gasteiger partial charge in [-0.3, -0.25) is 4.79 Å². The molecule has 0 atom stereocenters. The molecule has 2 aromatic rings. The van der Waals surface area contributed by atoms with Gasteiger partial charge in [-0.05, 0) is 50.5 Å². The maximum Gasteiger partial charge on any atom is 0.203 e. The minimum Gasteiger partial charge on any atom is -0.508 e. The fraction of sp³-hybridized carbons (Fsp3) is 0.318. The van der Waals surface area contributed by atoms with E-state index >= 15 is 0 Å². The van der Waals surface area contributed by atoms with Crippen molar-refractivity contribution in [2.45, 2.75) is 0 Å². The summed E-state index contributed by atoms with van der Waals surface area (Å²) in [6.45, 7) is 1.17. The zero-order valence-electron chi connectivity index (χ0n) is 17.4. The Balaban J connectivity index is 2.24. The number of phenolic OH excluding ortho intramolecular Hbond substituents is 1. The third kappa shape index (κ3) is 5.89. The quantitative estimate of drug-likeness (QED) is 0.484. The molecule has 0 aromatic heterocycles. The summed E-state index contributed by atoms with van der Waals surface area (Å²) in [5.41, 5.74) is 0.974. The van der Waals surface area contributed by atoms with Crippen LogP contribution in [-0.2, 0) is 0 Å². The van der Waals surface area contributed by atoms with Gasteiger partial charge in [-0.25, -0.2) is 0 Å². The van der Waals surface area contributed by atoms with Crippen molar-refractivity contribution in [3.8, 4) is 28.7 Å². The van der Waals surface area contributed by atoms with E-state index in [0.29, 0.717) is 40.7 Å². The number of likely N-dealkylation sites (N-methyl/N-ethyl adjacent to an activating group) is 1. The highest BCUT2D eigenvalue weighted by atomic mass is 16.5. The lowest BCUT2D eigenvalue weighted by molar-refractivity contribution is 0.104. The van der Waals surface area contributed by atoms with E-state index in [1.807, 2.05) is 19.0 Å². The smallest absolute Gasteiger partial charge is 0.203 e. The molecule has 7 heteroatoms. The van der Waals surface area contributed by atoms with Crippen LogP contribution in [0.3, 0.4) is 0 Å². The summed E-state index contributed by atoms with van der Waals surface area (Å²) in [5, 5.41) is 9.93. The number of ketones is 1. The average molecular weight is 401 g/mol. The number of nitrogens with zero attached hydrogens (tertiary/aromatic N) is 1. The number of rotatable bonds is 10. The van der Waals surface area contributed by atoms with E-state index < -0.39 is 0 Å². The van der Waals surface area contributed by atoms with Crippen molar-refractivity contribution in [3.63, 3.8) is 0 Å². The minimum atomic E-state index is -0.282. The molecule has 2 aromatic carbocycles. The van der Waals surface area contributed by atoms with Crippen LogP contribution in [0, 0.1) is 0 Å². The predicted octanol–water partition coefficient (Wildman–Crippen LogP) is 3.25. The van der Waals surface area contributed by atoms with Gasteiger partial charge in [0.05, 0.1) is 21.3 Å². The second kappa shape index (κ2) is 10.4. The molecule has 0 aliphatic heterocycles. The van der Waals surface area contributed by atoms with Crippen molar-refractivity contribution in [3.05, 3.63) is 47.5 Å². The van der Waals surface area contributed by atoms with Gasteiger partial charge in [0.1, 0.15) is 18.1 Å². The molecule has 0 bridgehead atoms. The fourth-order valence-electron chi connectivity index (χ4n) is 2.67. The van der Waals surface area contributed by atoms with Crippen LogP contribution in [0.5, 0.6) is 28.7 Å². The average Bonchev–Trinajstić information content (AvgIpc) is 2.70. The van der Waals surface area contributed by atoms with Gasteiger partial charge in [0.15, 0.2) is 17.3 Å². The maximum atomic E-state index is 12.6. The molecule has 0 heterocycles. The third-order valence-electron chi connectivity index (χ3n) is 4.13. The SMILES string of the molecule is COc1ccc(C=CC(=O)c2cc(O)cc(OCCN(C)C)c2)c(OC)c1OC. The summed E-state index contributed by atoms with van der Waals surface area (Å²) in [6.07, 6.45) is 3.03. The summed E-state index contributed by atoms with van der Waals surface area (Å²) in [6, 6.07) is 7.98. The second-order valence-electron chi connectivity index (χ2n) is 6.49. The van der Waals surface area contributed by atoms with Gasteiger partial charge in [0, 0.05) is 23.7 Å². The van der Waals surface area contributed by atoms with Crippen LogP contribution in [0.2, 0.25) is 0 Å². The van der Waals surface area contributed by atoms with Gasteiger partial charge in [-0.1, -0.05) is 0 Å². The lowest BCUT2D eigenvalue weighted by Crippen LogP contribution is -2.19. The molecule has 0 radical (unpaired) electrons. The summed E-state index contributed by atoms with van der Waals surface area (Å²) in [5.74, 6) is 1.55. The summed E-state index contributed by atoms with van der Waals surface area (Å²) in [7, 11) is 8.45. The van der Waals surface area contributed by atoms with E-state index in [-0.39, 0.29) is 11.5 Å². The van der Waals surface area contributed by atoms with Crippen molar-refractivity contribution in [1.29, 1.82) is 0 Å². The molecular formula is C22H27NO6. The Morgan fingerprint density at radius 2 is 1.76 bits per heavy atom. The van der Waals surface area contributed by atoms with Crippen LogP contribution >= 0.6 is 0 Å². The molecule has 156 valence electrons. The molecule has 0 saturated heterocycles. The molecule has 29 heavy (non-hydrogen) atoms. The van der Waals surface area contributed by atoms with Crippen LogP contribution in [0.1, 0.15) is 15.9 Å². The molecule has 0 aliphatic carbocycles. The highest BCUT2D eigenvalue weighted by Crippen LogP contribution is 2.40. The van der Waals surface area contributed by atoms with E-state index in [1.54, 1.807) is 24.3 Å². The molecular weight excluding hydrogens is 374 g/mol. The summed E-state index contributed by atoms with van der Waals surface area (Å²) in [4.78, 5) is 14.6. The number of aromatic hydroxyl groups is 1. The number of hydrogen-bond acceptors (Lipinski definition) is 7. The molecule has 7 nitrogen and oxygen atoms in total. The van der Waals surface area contributed by atoms with Crippen LogP contribution in [0.4, 0.5) is 0 Å². The van der Waals surface area contributed by atoms with Crippen LogP contribution in [0.25, 0.3) is 6.08 Å². The molecule has 0 aliphatic rings. The Morgan fingerprint density at radius 3 is 2.38 bits per heavy atom. The number of hydrogen-bond donors (Lipinski definition) is 1. The first-order valence-electron chi connectivity index (χ1n) is 9.02. The number of phenols is 1. The number of benzene rings is 2. The van der Waals surface area contributed by atoms with E-state index in [4.69, 9.17) is 18.9 Å². The Bertz CT molecular complexity index is 876. The second-order valence-corrected chi connectivity index (χ2v) is 6.49. The molecule has 0 saturated carbocycles. The molecule has 2 rings (SSSR count). The molecule has 0 unspecified atom stereocenters. The Kier molecular flexibility index (Phi) is 7.91. The van der Waals surface area contributed by atoms with Gasteiger partial charge in [-0.15, -0.1) is 0 Å². The van der Waals surface area contributed by atoms with E-state index in [1.165, 1.54) is 39.5 Å². The topological polar surface area (TPSA) is 77.5 Å². The zero-order valence-corrected chi connectivity index (χ0v) is 17.4. The number of carbonyl (C=O) groups excluding carboxylic acids is 1. The molecule has 0 spiro atoms. The van der Waals surface area contributed by atoms with Crippen LogP contribution in [0.15, 0.2) is 36.4 Å². The molecule has 0 amide bonds. The minimum absolute atomic E-state index is 0.0344. The van der Waals surface area contributed by atoms with Crippen molar-refractivity contribution >= 4 is 11.9 Å². The molecule has 0 fully saturated rings. The van der Waals surface area contributed by atoms with Gasteiger partial charge >= 0.3 is 0 Å². The first-order chi connectivity index (χ1) is 13.9. The number of methoxy groups -OCH3 is 3. The largest absolute Gasteiger partial charge is 0.508 e. The van der Waals surface area contributed by atoms with Crippen LogP contribution < -0.4 is 18.9 Å². The number of ether oxygens (including phenoxy) is 4. The normalized spacial score (nSPS) is 11.0.